The molecule has 0 aliphatic heterocycles. The number of ether oxygens (including phenoxy) is 1. The van der Waals surface area contributed by atoms with Crippen molar-refractivity contribution < 1.29 is 9.53 Å². The molecule has 0 heterocycles. The number of hydrogen-bond donors (Lipinski definition) is 1. The second-order valence-electron chi connectivity index (χ2n) is 5.60. The summed E-state index contributed by atoms with van der Waals surface area (Å²) in [5.41, 5.74) is 1.02. The van der Waals surface area contributed by atoms with Crippen LogP contribution in [0.3, 0.4) is 0 Å². The normalized spacial score (nSPS) is 15.5. The van der Waals surface area contributed by atoms with Gasteiger partial charge in [0, 0.05) is 25.2 Å². The molecule has 0 radical (unpaired) electrons. The maximum absolute atomic E-state index is 12.3. The smallest absolute Gasteiger partial charge is 0.317 e. The molecular weight excluding hydrogens is 264 g/mol. The number of amides is 2. The van der Waals surface area contributed by atoms with Gasteiger partial charge in [0.1, 0.15) is 5.75 Å². The van der Waals surface area contributed by atoms with Crippen LogP contribution in [0.25, 0.3) is 0 Å². The van der Waals surface area contributed by atoms with Gasteiger partial charge in [-0.1, -0.05) is 37.5 Å². The molecule has 0 aromatic heterocycles. The molecule has 0 spiro atoms. The Morgan fingerprint density at radius 3 is 2.71 bits per heavy atom. The zero-order chi connectivity index (χ0) is 15.1. The summed E-state index contributed by atoms with van der Waals surface area (Å²) in [5.74, 6) is 0.848. The minimum Gasteiger partial charge on any atom is -0.494 e. The largest absolute Gasteiger partial charge is 0.494 e. The summed E-state index contributed by atoms with van der Waals surface area (Å²) in [6.07, 6.45) is 6.01. The Kier molecular flexibility index (Phi) is 5.90. The summed E-state index contributed by atoms with van der Waals surface area (Å²) in [5, 5.41) is 3.00. The van der Waals surface area contributed by atoms with Crippen LogP contribution >= 0.6 is 0 Å². The van der Waals surface area contributed by atoms with E-state index < -0.39 is 0 Å². The van der Waals surface area contributed by atoms with E-state index in [4.69, 9.17) is 4.74 Å². The number of nitrogens with one attached hydrogen (secondary N) is 1. The number of hydrogen-bond acceptors (Lipinski definition) is 2. The molecule has 1 fully saturated rings. The Balaban J connectivity index is 1.88. The van der Waals surface area contributed by atoms with Gasteiger partial charge in [0.05, 0.1) is 6.61 Å². The van der Waals surface area contributed by atoms with Crippen molar-refractivity contribution in [1.82, 2.24) is 10.2 Å². The highest BCUT2D eigenvalue weighted by Crippen LogP contribution is 2.22. The fourth-order valence-electron chi connectivity index (χ4n) is 2.88. The lowest BCUT2D eigenvalue weighted by molar-refractivity contribution is 0.173. The molecule has 1 aliphatic carbocycles. The molecule has 4 nitrogen and oxygen atoms in total. The molecule has 1 aromatic carbocycles. The first-order valence-electron chi connectivity index (χ1n) is 7.93. The second kappa shape index (κ2) is 7.91. The van der Waals surface area contributed by atoms with Crippen molar-refractivity contribution in [3.63, 3.8) is 0 Å². The highest BCUT2D eigenvalue weighted by molar-refractivity contribution is 5.74. The first kappa shape index (κ1) is 15.7. The van der Waals surface area contributed by atoms with Gasteiger partial charge in [-0.25, -0.2) is 4.79 Å². The van der Waals surface area contributed by atoms with E-state index in [0.717, 1.165) is 24.2 Å². The van der Waals surface area contributed by atoms with Gasteiger partial charge in [-0.05, 0) is 25.8 Å². The van der Waals surface area contributed by atoms with Crippen LogP contribution in [0.4, 0.5) is 4.79 Å². The highest BCUT2D eigenvalue weighted by Gasteiger charge is 2.21. The molecule has 4 heteroatoms. The lowest BCUT2D eigenvalue weighted by atomic mass is 9.95. The maximum atomic E-state index is 12.3. The number of para-hydroxylation sites is 1. The first-order chi connectivity index (χ1) is 10.2. The van der Waals surface area contributed by atoms with Crippen molar-refractivity contribution in [3.05, 3.63) is 29.8 Å². The molecule has 2 rings (SSSR count). The second-order valence-corrected chi connectivity index (χ2v) is 5.60. The third kappa shape index (κ3) is 4.38. The number of carbonyl (C=O) groups is 1. The van der Waals surface area contributed by atoms with Crippen molar-refractivity contribution in [2.24, 2.45) is 0 Å². The molecule has 116 valence electrons. The predicted molar refractivity (Wildman–Crippen MR) is 84.5 cm³/mol. The van der Waals surface area contributed by atoms with Crippen LogP contribution in [0.5, 0.6) is 5.75 Å². The minimum absolute atomic E-state index is 0.00759. The summed E-state index contributed by atoms with van der Waals surface area (Å²) in [6.45, 7) is 3.10. The van der Waals surface area contributed by atoms with Gasteiger partial charge in [-0.15, -0.1) is 0 Å². The topological polar surface area (TPSA) is 41.6 Å². The van der Waals surface area contributed by atoms with E-state index in [1.165, 1.54) is 19.3 Å². The Morgan fingerprint density at radius 1 is 1.29 bits per heavy atom. The van der Waals surface area contributed by atoms with E-state index in [9.17, 15) is 4.79 Å². The summed E-state index contributed by atoms with van der Waals surface area (Å²) in [6, 6.07) is 8.25. The molecule has 1 N–H and O–H groups in total. The van der Waals surface area contributed by atoms with Gasteiger partial charge in [-0.2, -0.15) is 0 Å². The Hall–Kier alpha value is -1.71. The van der Waals surface area contributed by atoms with E-state index >= 15 is 0 Å². The average molecular weight is 290 g/mol. The van der Waals surface area contributed by atoms with Crippen molar-refractivity contribution in [2.45, 2.75) is 51.6 Å². The van der Waals surface area contributed by atoms with Gasteiger partial charge >= 0.3 is 6.03 Å². The van der Waals surface area contributed by atoms with Crippen LogP contribution < -0.4 is 10.1 Å². The molecule has 1 aliphatic rings. The molecule has 0 saturated heterocycles. The number of urea groups is 1. The zero-order valence-corrected chi connectivity index (χ0v) is 13.1. The summed E-state index contributed by atoms with van der Waals surface area (Å²) < 4.78 is 5.58. The minimum atomic E-state index is 0.00759. The van der Waals surface area contributed by atoms with Gasteiger partial charge in [0.15, 0.2) is 0 Å². The highest BCUT2D eigenvalue weighted by atomic mass is 16.5. The average Bonchev–Trinajstić information content (AvgIpc) is 2.54. The number of carbonyl (C=O) groups excluding carboxylic acids is 1. The van der Waals surface area contributed by atoms with Crippen LogP contribution in [-0.2, 0) is 6.54 Å². The van der Waals surface area contributed by atoms with Crippen molar-refractivity contribution >= 4 is 6.03 Å². The summed E-state index contributed by atoms with van der Waals surface area (Å²) in [7, 11) is 1.90. The van der Waals surface area contributed by atoms with E-state index in [0.29, 0.717) is 19.2 Å². The van der Waals surface area contributed by atoms with E-state index in [-0.39, 0.29) is 6.03 Å². The quantitative estimate of drug-likeness (QED) is 0.901. The molecule has 1 saturated carbocycles. The molecule has 0 atom stereocenters. The Bertz CT molecular complexity index is 456. The molecule has 1 aromatic rings. The third-order valence-electron chi connectivity index (χ3n) is 4.15. The summed E-state index contributed by atoms with van der Waals surface area (Å²) in [4.78, 5) is 14.1. The molecule has 21 heavy (non-hydrogen) atoms. The number of rotatable bonds is 5. The van der Waals surface area contributed by atoms with E-state index in [1.807, 2.05) is 43.1 Å². The Morgan fingerprint density at radius 2 is 2.00 bits per heavy atom. The van der Waals surface area contributed by atoms with Gasteiger partial charge in [0.25, 0.3) is 0 Å². The van der Waals surface area contributed by atoms with Crippen molar-refractivity contribution in [1.29, 1.82) is 0 Å². The van der Waals surface area contributed by atoms with Gasteiger partial charge < -0.3 is 15.0 Å². The monoisotopic (exact) mass is 290 g/mol. The maximum Gasteiger partial charge on any atom is 0.317 e. The molecule has 0 unspecified atom stereocenters. The number of nitrogens with zero attached hydrogens (tertiary/aromatic N) is 1. The Labute approximate surface area is 127 Å². The van der Waals surface area contributed by atoms with Crippen molar-refractivity contribution in [2.75, 3.05) is 13.7 Å². The standard InChI is InChI=1S/C17H26N2O2/c1-3-21-16-12-8-7-9-14(16)13-18-17(20)19(2)15-10-5-4-6-11-15/h7-9,12,15H,3-6,10-11,13H2,1-2H3,(H,18,20). The van der Waals surface area contributed by atoms with E-state index in [2.05, 4.69) is 5.32 Å². The lowest BCUT2D eigenvalue weighted by Gasteiger charge is -2.31. The fraction of sp³-hybridized carbons (Fsp3) is 0.588. The molecule has 0 bridgehead atoms. The van der Waals surface area contributed by atoms with Crippen LogP contribution in [-0.4, -0.2) is 30.6 Å². The fourth-order valence-corrected chi connectivity index (χ4v) is 2.88. The third-order valence-corrected chi connectivity index (χ3v) is 4.15. The van der Waals surface area contributed by atoms with Crippen LogP contribution in [0.15, 0.2) is 24.3 Å². The van der Waals surface area contributed by atoms with Gasteiger partial charge in [0.2, 0.25) is 0 Å². The predicted octanol–water partition coefficient (Wildman–Crippen LogP) is 3.56. The molecule has 2 amide bonds. The van der Waals surface area contributed by atoms with Crippen LogP contribution in [0.2, 0.25) is 0 Å². The SMILES string of the molecule is CCOc1ccccc1CNC(=O)N(C)C1CCCCC1. The summed E-state index contributed by atoms with van der Waals surface area (Å²) >= 11 is 0. The van der Waals surface area contributed by atoms with Crippen LogP contribution in [0, 0.1) is 0 Å². The molecular formula is C17H26N2O2. The van der Waals surface area contributed by atoms with Gasteiger partial charge in [-0.3, -0.25) is 0 Å². The number of benzene rings is 1. The lowest BCUT2D eigenvalue weighted by Crippen LogP contribution is -2.44. The van der Waals surface area contributed by atoms with Crippen LogP contribution in [0.1, 0.15) is 44.6 Å². The zero-order valence-electron chi connectivity index (χ0n) is 13.1. The van der Waals surface area contributed by atoms with E-state index in [1.54, 1.807) is 0 Å². The van der Waals surface area contributed by atoms with Crippen molar-refractivity contribution in [3.8, 4) is 5.75 Å². The first-order valence-corrected chi connectivity index (χ1v) is 7.93.